The van der Waals surface area contributed by atoms with Crippen molar-refractivity contribution < 1.29 is 14.4 Å². The van der Waals surface area contributed by atoms with Crippen molar-refractivity contribution in [3.63, 3.8) is 0 Å². The predicted molar refractivity (Wildman–Crippen MR) is 97.7 cm³/mol. The third kappa shape index (κ3) is 3.45. The number of carbonyl (C=O) groups excluding carboxylic acids is 3. The molecule has 1 aromatic carbocycles. The number of piperidine rings is 1. The quantitative estimate of drug-likeness (QED) is 0.901. The van der Waals surface area contributed by atoms with Crippen LogP contribution in [0, 0.1) is 5.92 Å². The van der Waals surface area contributed by atoms with Crippen molar-refractivity contribution >= 4 is 23.4 Å². The zero-order chi connectivity index (χ0) is 18.1. The number of amides is 3. The van der Waals surface area contributed by atoms with Crippen molar-refractivity contribution in [3.8, 4) is 0 Å². The third-order valence-electron chi connectivity index (χ3n) is 5.58. The molecule has 1 unspecified atom stereocenters. The fourth-order valence-electron chi connectivity index (χ4n) is 3.93. The number of likely N-dealkylation sites (tertiary alicyclic amines) is 2. The minimum atomic E-state index is -0.332. The van der Waals surface area contributed by atoms with E-state index in [0.29, 0.717) is 23.8 Å². The van der Waals surface area contributed by atoms with Crippen LogP contribution in [-0.4, -0.2) is 53.2 Å². The normalized spacial score (nSPS) is 23.2. The van der Waals surface area contributed by atoms with Gasteiger partial charge in [0.15, 0.2) is 0 Å². The first-order valence-electron chi connectivity index (χ1n) is 9.62. The van der Waals surface area contributed by atoms with Gasteiger partial charge in [0.2, 0.25) is 11.8 Å². The van der Waals surface area contributed by atoms with Gasteiger partial charge in [0.05, 0.1) is 17.2 Å². The van der Waals surface area contributed by atoms with Gasteiger partial charge >= 0.3 is 0 Å². The Bertz CT molecular complexity index is 723. The Kier molecular flexibility index (Phi) is 4.66. The van der Waals surface area contributed by atoms with E-state index in [1.54, 1.807) is 12.1 Å². The molecule has 2 saturated heterocycles. The summed E-state index contributed by atoms with van der Waals surface area (Å²) >= 11 is 0. The summed E-state index contributed by atoms with van der Waals surface area (Å²) in [7, 11) is 0. The minimum Gasteiger partial charge on any atom is -0.339 e. The van der Waals surface area contributed by atoms with Gasteiger partial charge in [0.25, 0.3) is 5.91 Å². The molecular weight excluding hydrogens is 330 g/mol. The number of carbonyl (C=O) groups is 3. The summed E-state index contributed by atoms with van der Waals surface area (Å²) in [5, 5.41) is 2.91. The Hall–Kier alpha value is -2.37. The lowest BCUT2D eigenvalue weighted by Crippen LogP contribution is -2.36. The highest BCUT2D eigenvalue weighted by atomic mass is 16.2. The van der Waals surface area contributed by atoms with Crippen LogP contribution < -0.4 is 5.32 Å². The van der Waals surface area contributed by atoms with Gasteiger partial charge in [-0.2, -0.15) is 0 Å². The molecule has 4 rings (SSSR count). The maximum atomic E-state index is 12.8. The summed E-state index contributed by atoms with van der Waals surface area (Å²) in [6, 6.07) is 7.51. The molecule has 2 aliphatic heterocycles. The molecule has 0 radical (unpaired) electrons. The summed E-state index contributed by atoms with van der Waals surface area (Å²) in [6.45, 7) is 2.04. The lowest BCUT2D eigenvalue weighted by molar-refractivity contribution is -0.128. The monoisotopic (exact) mass is 355 g/mol. The van der Waals surface area contributed by atoms with Gasteiger partial charge in [0.1, 0.15) is 0 Å². The first-order chi connectivity index (χ1) is 12.6. The van der Waals surface area contributed by atoms with Gasteiger partial charge in [-0.15, -0.1) is 0 Å². The molecule has 3 aliphatic rings. The maximum absolute atomic E-state index is 12.8. The van der Waals surface area contributed by atoms with E-state index in [0.717, 1.165) is 45.2 Å². The van der Waals surface area contributed by atoms with Crippen molar-refractivity contribution in [1.29, 1.82) is 0 Å². The Morgan fingerprint density at radius 1 is 1.04 bits per heavy atom. The first kappa shape index (κ1) is 17.1. The third-order valence-corrected chi connectivity index (χ3v) is 5.58. The zero-order valence-electron chi connectivity index (χ0n) is 14.9. The lowest BCUT2D eigenvalue weighted by Gasteiger charge is -2.27. The number of rotatable bonds is 4. The lowest BCUT2D eigenvalue weighted by atomic mass is 10.1. The molecule has 26 heavy (non-hydrogen) atoms. The molecule has 0 spiro atoms. The molecule has 6 nitrogen and oxygen atoms in total. The molecule has 3 fully saturated rings. The van der Waals surface area contributed by atoms with Crippen molar-refractivity contribution in [1.82, 2.24) is 9.80 Å². The van der Waals surface area contributed by atoms with E-state index in [4.69, 9.17) is 0 Å². The second-order valence-electron chi connectivity index (χ2n) is 7.57. The number of nitrogens with one attached hydrogen (secondary N) is 1. The molecule has 6 heteroatoms. The van der Waals surface area contributed by atoms with Crippen LogP contribution in [0.1, 0.15) is 48.9 Å². The van der Waals surface area contributed by atoms with Crippen LogP contribution in [0.5, 0.6) is 0 Å². The van der Waals surface area contributed by atoms with Crippen LogP contribution >= 0.6 is 0 Å². The van der Waals surface area contributed by atoms with Crippen molar-refractivity contribution in [2.24, 2.45) is 5.92 Å². The van der Waals surface area contributed by atoms with Crippen molar-refractivity contribution in [2.45, 2.75) is 44.6 Å². The van der Waals surface area contributed by atoms with E-state index in [-0.39, 0.29) is 30.1 Å². The van der Waals surface area contributed by atoms with Crippen LogP contribution in [0.3, 0.4) is 0 Å². The average Bonchev–Trinajstić information content (AvgIpc) is 3.44. The minimum absolute atomic E-state index is 0.0253. The fourth-order valence-corrected chi connectivity index (χ4v) is 3.93. The first-order valence-corrected chi connectivity index (χ1v) is 9.62. The molecule has 1 saturated carbocycles. The van der Waals surface area contributed by atoms with Gasteiger partial charge in [0, 0.05) is 32.1 Å². The Balaban J connectivity index is 1.45. The molecule has 1 aromatic rings. The van der Waals surface area contributed by atoms with E-state index in [1.807, 2.05) is 21.9 Å². The number of anilines is 1. The number of hydrogen-bond acceptors (Lipinski definition) is 3. The Labute approximate surface area is 153 Å². The summed E-state index contributed by atoms with van der Waals surface area (Å²) in [5.74, 6) is -0.449. The number of nitrogens with zero attached hydrogens (tertiary/aromatic N) is 2. The van der Waals surface area contributed by atoms with E-state index in [2.05, 4.69) is 5.32 Å². The van der Waals surface area contributed by atoms with Gasteiger partial charge < -0.3 is 15.1 Å². The zero-order valence-corrected chi connectivity index (χ0v) is 14.9. The van der Waals surface area contributed by atoms with E-state index >= 15 is 0 Å². The molecule has 1 N–H and O–H groups in total. The van der Waals surface area contributed by atoms with Crippen LogP contribution in [-0.2, 0) is 9.59 Å². The largest absolute Gasteiger partial charge is 0.339 e. The van der Waals surface area contributed by atoms with Gasteiger partial charge in [-0.25, -0.2) is 0 Å². The second-order valence-corrected chi connectivity index (χ2v) is 7.57. The molecule has 1 aliphatic carbocycles. The topological polar surface area (TPSA) is 69.7 Å². The SMILES string of the molecule is O=C(Nc1ccccc1C(=O)N1CCCCC1)C1CC(=O)N(C2CC2)C1. The molecule has 2 heterocycles. The van der Waals surface area contributed by atoms with Gasteiger partial charge in [-0.3, -0.25) is 14.4 Å². The summed E-state index contributed by atoms with van der Waals surface area (Å²) in [5.41, 5.74) is 1.08. The summed E-state index contributed by atoms with van der Waals surface area (Å²) in [4.78, 5) is 41.3. The maximum Gasteiger partial charge on any atom is 0.255 e. The second kappa shape index (κ2) is 7.09. The van der Waals surface area contributed by atoms with Crippen LogP contribution in [0.2, 0.25) is 0 Å². The van der Waals surface area contributed by atoms with Crippen LogP contribution in [0.25, 0.3) is 0 Å². The van der Waals surface area contributed by atoms with Crippen LogP contribution in [0.4, 0.5) is 5.69 Å². The molecule has 0 bridgehead atoms. The number of benzene rings is 1. The molecular formula is C20H25N3O3. The van der Waals surface area contributed by atoms with E-state index in [9.17, 15) is 14.4 Å². The fraction of sp³-hybridized carbons (Fsp3) is 0.550. The van der Waals surface area contributed by atoms with Gasteiger partial charge in [-0.1, -0.05) is 12.1 Å². The predicted octanol–water partition coefficient (Wildman–Crippen LogP) is 2.26. The molecule has 1 atom stereocenters. The Morgan fingerprint density at radius 3 is 2.50 bits per heavy atom. The highest BCUT2D eigenvalue weighted by molar-refractivity contribution is 6.05. The van der Waals surface area contributed by atoms with Gasteiger partial charge in [-0.05, 0) is 44.2 Å². The van der Waals surface area contributed by atoms with Crippen molar-refractivity contribution in [2.75, 3.05) is 25.0 Å². The average molecular weight is 355 g/mol. The van der Waals surface area contributed by atoms with E-state index < -0.39 is 0 Å². The molecule has 3 amide bonds. The number of para-hydroxylation sites is 1. The highest BCUT2D eigenvalue weighted by Crippen LogP contribution is 2.33. The van der Waals surface area contributed by atoms with E-state index in [1.165, 1.54) is 0 Å². The summed E-state index contributed by atoms with van der Waals surface area (Å²) < 4.78 is 0. The molecule has 0 aromatic heterocycles. The Morgan fingerprint density at radius 2 is 1.77 bits per heavy atom. The number of hydrogen-bond donors (Lipinski definition) is 1. The summed E-state index contributed by atoms with van der Waals surface area (Å²) in [6.07, 6.45) is 5.59. The van der Waals surface area contributed by atoms with Crippen LogP contribution in [0.15, 0.2) is 24.3 Å². The highest BCUT2D eigenvalue weighted by Gasteiger charge is 2.41. The molecule has 138 valence electrons. The van der Waals surface area contributed by atoms with Crippen molar-refractivity contribution in [3.05, 3.63) is 29.8 Å². The standard InChI is InChI=1S/C20H25N3O3/c24-18-12-14(13-23(18)15-8-9-15)19(25)21-17-7-3-2-6-16(17)20(26)22-10-4-1-5-11-22/h2-3,6-7,14-15H,1,4-5,8-13H2,(H,21,25). The smallest absolute Gasteiger partial charge is 0.255 e.